The molecule has 1 amide bonds. The molecule has 3 aromatic rings. The van der Waals surface area contributed by atoms with Gasteiger partial charge in [0.1, 0.15) is 5.76 Å². The number of furan rings is 1. The van der Waals surface area contributed by atoms with Crippen LogP contribution in [0.5, 0.6) is 0 Å². The zero-order chi connectivity index (χ0) is 20.6. The van der Waals surface area contributed by atoms with E-state index in [0.29, 0.717) is 18.5 Å². The van der Waals surface area contributed by atoms with Gasteiger partial charge in [-0.1, -0.05) is 55.3 Å². The molecule has 2 heterocycles. The van der Waals surface area contributed by atoms with Crippen LogP contribution in [0.1, 0.15) is 48.0 Å². The van der Waals surface area contributed by atoms with Crippen molar-refractivity contribution < 1.29 is 14.3 Å². The fourth-order valence-electron chi connectivity index (χ4n) is 5.43. The molecule has 4 heteroatoms. The first-order chi connectivity index (χ1) is 14.7. The summed E-state index contributed by atoms with van der Waals surface area (Å²) < 4.78 is 5.50. The Morgan fingerprint density at radius 1 is 1.00 bits per heavy atom. The molecule has 1 aromatic heterocycles. The van der Waals surface area contributed by atoms with Crippen LogP contribution >= 0.6 is 0 Å². The predicted octanol–water partition coefficient (Wildman–Crippen LogP) is 5.24. The molecule has 0 radical (unpaired) electrons. The van der Waals surface area contributed by atoms with E-state index in [1.165, 1.54) is 0 Å². The number of carbonyl (C=O) groups excluding carboxylic acids is 1. The van der Waals surface area contributed by atoms with Crippen molar-refractivity contribution in [1.82, 2.24) is 4.90 Å². The normalized spacial score (nSPS) is 26.2. The number of carbonyl (C=O) groups is 1. The highest BCUT2D eigenvalue weighted by atomic mass is 16.3. The van der Waals surface area contributed by atoms with Crippen LogP contribution in [0.2, 0.25) is 0 Å². The molecule has 3 atom stereocenters. The van der Waals surface area contributed by atoms with Crippen molar-refractivity contribution in [3.8, 4) is 11.3 Å². The minimum Gasteiger partial charge on any atom is -0.464 e. The van der Waals surface area contributed by atoms with E-state index >= 15 is 0 Å². The number of amides is 1. The minimum absolute atomic E-state index is 0.0513. The minimum atomic E-state index is -0.862. The molecule has 1 N–H and O–H groups in total. The highest BCUT2D eigenvalue weighted by Gasteiger charge is 2.50. The van der Waals surface area contributed by atoms with Crippen molar-refractivity contribution in [1.29, 1.82) is 0 Å². The second-order valence-corrected chi connectivity index (χ2v) is 8.56. The van der Waals surface area contributed by atoms with Gasteiger partial charge in [0.25, 0.3) is 5.91 Å². The number of hydrogen-bond donors (Lipinski definition) is 1. The van der Waals surface area contributed by atoms with E-state index in [1.807, 2.05) is 71.6 Å². The van der Waals surface area contributed by atoms with Gasteiger partial charge < -0.3 is 14.4 Å². The van der Waals surface area contributed by atoms with Crippen molar-refractivity contribution in [2.45, 2.75) is 43.7 Å². The molecule has 1 aliphatic heterocycles. The Morgan fingerprint density at radius 2 is 1.83 bits per heavy atom. The molecule has 1 aliphatic carbocycles. The average Bonchev–Trinajstić information content (AvgIpc) is 3.35. The molecule has 2 fully saturated rings. The van der Waals surface area contributed by atoms with Gasteiger partial charge in [0.05, 0.1) is 11.9 Å². The number of piperidine rings is 1. The van der Waals surface area contributed by atoms with E-state index < -0.39 is 5.60 Å². The first kappa shape index (κ1) is 19.1. The van der Waals surface area contributed by atoms with E-state index in [1.54, 1.807) is 6.26 Å². The van der Waals surface area contributed by atoms with Crippen LogP contribution in [0.3, 0.4) is 0 Å². The van der Waals surface area contributed by atoms with Gasteiger partial charge in [-0.3, -0.25) is 4.79 Å². The van der Waals surface area contributed by atoms with Gasteiger partial charge >= 0.3 is 0 Å². The van der Waals surface area contributed by atoms with E-state index in [0.717, 1.165) is 42.6 Å². The Balaban J connectivity index is 1.45. The van der Waals surface area contributed by atoms with E-state index in [-0.39, 0.29) is 17.9 Å². The Labute approximate surface area is 177 Å². The van der Waals surface area contributed by atoms with Gasteiger partial charge in [0.2, 0.25) is 0 Å². The van der Waals surface area contributed by atoms with E-state index in [2.05, 4.69) is 0 Å². The molecule has 4 nitrogen and oxygen atoms in total. The second kappa shape index (κ2) is 7.77. The first-order valence-electron chi connectivity index (χ1n) is 10.9. The average molecular weight is 402 g/mol. The summed E-state index contributed by atoms with van der Waals surface area (Å²) in [7, 11) is 0. The zero-order valence-corrected chi connectivity index (χ0v) is 17.0. The summed E-state index contributed by atoms with van der Waals surface area (Å²) in [5.41, 5.74) is 1.70. The number of aliphatic hydroxyl groups is 1. The summed E-state index contributed by atoms with van der Waals surface area (Å²) in [5.74, 6) is 0.882. The molecule has 154 valence electrons. The fourth-order valence-corrected chi connectivity index (χ4v) is 5.43. The van der Waals surface area contributed by atoms with Crippen molar-refractivity contribution in [2.24, 2.45) is 5.92 Å². The van der Waals surface area contributed by atoms with Gasteiger partial charge in [-0.15, -0.1) is 0 Å². The molecule has 3 unspecified atom stereocenters. The number of fused-ring (bicyclic) bond motifs is 1. The van der Waals surface area contributed by atoms with Crippen LogP contribution in [-0.4, -0.2) is 28.5 Å². The summed E-state index contributed by atoms with van der Waals surface area (Å²) in [6, 6.07) is 21.5. The maximum atomic E-state index is 13.5. The lowest BCUT2D eigenvalue weighted by molar-refractivity contribution is -0.110. The Kier molecular flexibility index (Phi) is 4.95. The molecular formula is C26H27NO3. The number of benzene rings is 2. The summed E-state index contributed by atoms with van der Waals surface area (Å²) in [4.78, 5) is 15.6. The maximum Gasteiger partial charge on any atom is 0.254 e. The van der Waals surface area contributed by atoms with E-state index in [9.17, 15) is 9.90 Å². The van der Waals surface area contributed by atoms with Crippen LogP contribution in [0.15, 0.2) is 77.4 Å². The van der Waals surface area contributed by atoms with Crippen molar-refractivity contribution in [3.05, 3.63) is 84.1 Å². The van der Waals surface area contributed by atoms with Crippen molar-refractivity contribution in [3.63, 3.8) is 0 Å². The van der Waals surface area contributed by atoms with Gasteiger partial charge in [-0.25, -0.2) is 0 Å². The summed E-state index contributed by atoms with van der Waals surface area (Å²) >= 11 is 0. The van der Waals surface area contributed by atoms with Crippen LogP contribution in [0.4, 0.5) is 0 Å². The lowest BCUT2D eigenvalue weighted by atomic mass is 9.66. The largest absolute Gasteiger partial charge is 0.464 e. The molecular weight excluding hydrogens is 374 g/mol. The standard InChI is InChI=1S/C26H27NO3/c28-25(20-9-6-8-19(18-20)24-14-7-17-30-24)27-16-15-26(29,21-10-2-1-3-11-21)22-12-4-5-13-23(22)27/h1-3,6-11,14,17-18,22-23,29H,4-5,12-13,15-16H2. The molecule has 30 heavy (non-hydrogen) atoms. The Hall–Kier alpha value is -2.85. The molecule has 2 aliphatic rings. The third-order valence-electron chi connectivity index (χ3n) is 6.93. The molecule has 5 rings (SSSR count). The second-order valence-electron chi connectivity index (χ2n) is 8.56. The molecule has 2 aromatic carbocycles. The van der Waals surface area contributed by atoms with Crippen LogP contribution in [0.25, 0.3) is 11.3 Å². The summed E-state index contributed by atoms with van der Waals surface area (Å²) in [6.45, 7) is 0.566. The van der Waals surface area contributed by atoms with Crippen LogP contribution in [0, 0.1) is 5.92 Å². The highest BCUT2D eigenvalue weighted by molar-refractivity contribution is 5.95. The van der Waals surface area contributed by atoms with E-state index in [4.69, 9.17) is 4.42 Å². The highest BCUT2D eigenvalue weighted by Crippen LogP contribution is 2.47. The van der Waals surface area contributed by atoms with Gasteiger partial charge in [-0.05, 0) is 49.1 Å². The number of nitrogens with zero attached hydrogens (tertiary/aromatic N) is 1. The van der Waals surface area contributed by atoms with Gasteiger partial charge in [0.15, 0.2) is 0 Å². The summed E-state index contributed by atoms with van der Waals surface area (Å²) in [5, 5.41) is 11.7. The van der Waals surface area contributed by atoms with Crippen LogP contribution in [-0.2, 0) is 5.60 Å². The van der Waals surface area contributed by atoms with Gasteiger partial charge in [-0.2, -0.15) is 0 Å². The lowest BCUT2D eigenvalue weighted by Crippen LogP contribution is -2.59. The lowest BCUT2D eigenvalue weighted by Gasteiger charge is -2.52. The topological polar surface area (TPSA) is 53.7 Å². The zero-order valence-electron chi connectivity index (χ0n) is 17.0. The summed E-state index contributed by atoms with van der Waals surface area (Å²) in [6.07, 6.45) is 6.32. The monoisotopic (exact) mass is 401 g/mol. The number of hydrogen-bond acceptors (Lipinski definition) is 3. The number of likely N-dealkylation sites (tertiary alicyclic amines) is 1. The molecule has 1 saturated heterocycles. The SMILES string of the molecule is O=C(c1cccc(-c2ccco2)c1)N1CCC(O)(c2ccccc2)C2CCCCC21. The smallest absolute Gasteiger partial charge is 0.254 e. The van der Waals surface area contributed by atoms with Gasteiger partial charge in [0, 0.05) is 29.6 Å². The first-order valence-corrected chi connectivity index (χ1v) is 10.9. The molecule has 1 saturated carbocycles. The molecule has 0 spiro atoms. The Bertz CT molecular complexity index is 1010. The third-order valence-corrected chi connectivity index (χ3v) is 6.93. The van der Waals surface area contributed by atoms with Crippen LogP contribution < -0.4 is 0 Å². The Morgan fingerprint density at radius 3 is 2.63 bits per heavy atom. The van der Waals surface area contributed by atoms with Crippen molar-refractivity contribution in [2.75, 3.05) is 6.54 Å². The fraction of sp³-hybridized carbons (Fsp3) is 0.346. The quantitative estimate of drug-likeness (QED) is 0.653. The molecule has 0 bridgehead atoms. The maximum absolute atomic E-state index is 13.5. The van der Waals surface area contributed by atoms with Crippen molar-refractivity contribution >= 4 is 5.91 Å². The number of rotatable bonds is 3. The predicted molar refractivity (Wildman–Crippen MR) is 116 cm³/mol. The third kappa shape index (κ3) is 3.25.